The molecule has 2 amide bonds. The number of amides is 2. The molecule has 1 aromatic carbocycles. The fourth-order valence-corrected chi connectivity index (χ4v) is 2.26. The molecule has 2 rings (SSSR count). The minimum Gasteiger partial charge on any atom is -0.508 e. The van der Waals surface area contributed by atoms with Gasteiger partial charge in [-0.25, -0.2) is 4.79 Å². The smallest absolute Gasteiger partial charge is 0.317 e. The zero-order valence-corrected chi connectivity index (χ0v) is 14.6. The van der Waals surface area contributed by atoms with Gasteiger partial charge in [0.15, 0.2) is 11.5 Å². The van der Waals surface area contributed by atoms with Crippen molar-refractivity contribution in [2.75, 3.05) is 27.3 Å². The van der Waals surface area contributed by atoms with E-state index in [1.165, 1.54) is 19.2 Å². The highest BCUT2D eigenvalue weighted by atomic mass is 16.5. The van der Waals surface area contributed by atoms with Crippen LogP contribution in [-0.2, 0) is 0 Å². The minimum absolute atomic E-state index is 0.0684. The molecule has 0 radical (unpaired) electrons. The van der Waals surface area contributed by atoms with Gasteiger partial charge in [-0.05, 0) is 36.8 Å². The number of phenols is 1. The monoisotopic (exact) mass is 345 g/mol. The predicted molar refractivity (Wildman–Crippen MR) is 94.0 cm³/mol. The molecule has 0 saturated carbocycles. The van der Waals surface area contributed by atoms with Crippen molar-refractivity contribution < 1.29 is 19.4 Å². The van der Waals surface area contributed by atoms with Crippen molar-refractivity contribution in [3.05, 3.63) is 48.3 Å². The number of aromatic nitrogens is 1. The van der Waals surface area contributed by atoms with Crippen LogP contribution in [0.1, 0.15) is 18.5 Å². The van der Waals surface area contributed by atoms with E-state index in [4.69, 9.17) is 9.47 Å². The molecule has 0 saturated heterocycles. The molecule has 0 fully saturated rings. The average molecular weight is 345 g/mol. The molecule has 2 aromatic rings. The fourth-order valence-electron chi connectivity index (χ4n) is 2.26. The lowest BCUT2D eigenvalue weighted by atomic mass is 10.1. The highest BCUT2D eigenvalue weighted by Gasteiger charge is 2.16. The molecule has 134 valence electrons. The summed E-state index contributed by atoms with van der Waals surface area (Å²) in [4.78, 5) is 17.8. The lowest BCUT2D eigenvalue weighted by molar-refractivity contribution is 0.191. The second-order valence-corrected chi connectivity index (χ2v) is 5.48. The summed E-state index contributed by atoms with van der Waals surface area (Å²) in [5.74, 6) is 1.05. The summed E-state index contributed by atoms with van der Waals surface area (Å²) in [6, 6.07) is 8.11. The summed E-state index contributed by atoms with van der Waals surface area (Å²) in [7, 11) is 3.24. The van der Waals surface area contributed by atoms with Crippen molar-refractivity contribution in [1.82, 2.24) is 15.2 Å². The van der Waals surface area contributed by atoms with Crippen molar-refractivity contribution >= 4 is 6.03 Å². The number of hydrogen-bond acceptors (Lipinski definition) is 5. The van der Waals surface area contributed by atoms with Gasteiger partial charge in [-0.1, -0.05) is 0 Å². The molecule has 1 atom stereocenters. The van der Waals surface area contributed by atoms with Crippen LogP contribution in [0, 0.1) is 0 Å². The molecular formula is C18H23N3O4. The fraction of sp³-hybridized carbons (Fsp3) is 0.333. The normalized spacial score (nSPS) is 11.5. The van der Waals surface area contributed by atoms with Crippen LogP contribution in [0.3, 0.4) is 0 Å². The number of nitrogens with one attached hydrogen (secondary N) is 1. The number of methoxy groups -OCH3 is 1. The van der Waals surface area contributed by atoms with Crippen molar-refractivity contribution in [2.45, 2.75) is 13.0 Å². The molecule has 0 aliphatic rings. The van der Waals surface area contributed by atoms with Crippen LogP contribution < -0.4 is 14.8 Å². The number of aromatic hydroxyl groups is 1. The quantitative estimate of drug-likeness (QED) is 0.754. The van der Waals surface area contributed by atoms with E-state index >= 15 is 0 Å². The number of ether oxygens (including phenoxy) is 2. The van der Waals surface area contributed by atoms with Crippen LogP contribution >= 0.6 is 0 Å². The van der Waals surface area contributed by atoms with Crippen LogP contribution in [-0.4, -0.2) is 48.3 Å². The topological polar surface area (TPSA) is 83.9 Å². The third-order valence-electron chi connectivity index (χ3n) is 3.87. The summed E-state index contributed by atoms with van der Waals surface area (Å²) in [6.07, 6.45) is 3.41. The van der Waals surface area contributed by atoms with Gasteiger partial charge in [0.25, 0.3) is 0 Å². The molecule has 0 spiro atoms. The van der Waals surface area contributed by atoms with E-state index in [1.807, 2.05) is 19.1 Å². The van der Waals surface area contributed by atoms with Gasteiger partial charge in [0.05, 0.1) is 19.7 Å². The number of urea groups is 1. The average Bonchev–Trinajstić information content (AvgIpc) is 2.65. The van der Waals surface area contributed by atoms with E-state index < -0.39 is 0 Å². The summed E-state index contributed by atoms with van der Waals surface area (Å²) >= 11 is 0. The van der Waals surface area contributed by atoms with E-state index in [0.717, 1.165) is 5.56 Å². The summed E-state index contributed by atoms with van der Waals surface area (Å²) in [5.41, 5.74) is 1.01. The highest BCUT2D eigenvalue weighted by molar-refractivity contribution is 5.74. The van der Waals surface area contributed by atoms with Gasteiger partial charge in [-0.15, -0.1) is 0 Å². The van der Waals surface area contributed by atoms with Crippen molar-refractivity contribution in [3.63, 3.8) is 0 Å². The number of rotatable bonds is 7. The van der Waals surface area contributed by atoms with E-state index in [-0.39, 0.29) is 24.4 Å². The predicted octanol–water partition coefficient (Wildman–Crippen LogP) is 2.58. The van der Waals surface area contributed by atoms with Gasteiger partial charge in [-0.2, -0.15) is 0 Å². The molecule has 1 aromatic heterocycles. The third kappa shape index (κ3) is 5.00. The number of nitrogens with zero attached hydrogens (tertiary/aromatic N) is 2. The van der Waals surface area contributed by atoms with Crippen molar-refractivity contribution in [1.29, 1.82) is 0 Å². The number of carbonyl (C=O) groups excluding carboxylic acids is 1. The Bertz CT molecular complexity index is 694. The van der Waals surface area contributed by atoms with Gasteiger partial charge < -0.3 is 24.8 Å². The SMILES string of the molecule is COc1cc(O)ccc1OCCNC(=O)N(C)[C@@H](C)c1ccncc1. The Kier molecular flexibility index (Phi) is 6.45. The highest BCUT2D eigenvalue weighted by Crippen LogP contribution is 2.30. The number of phenolic OH excluding ortho intramolecular Hbond substituents is 1. The minimum atomic E-state index is -0.189. The van der Waals surface area contributed by atoms with Crippen molar-refractivity contribution in [2.24, 2.45) is 0 Å². The Labute approximate surface area is 147 Å². The number of hydrogen-bond donors (Lipinski definition) is 2. The van der Waals surface area contributed by atoms with Gasteiger partial charge in [-0.3, -0.25) is 4.98 Å². The zero-order chi connectivity index (χ0) is 18.2. The largest absolute Gasteiger partial charge is 0.508 e. The Balaban J connectivity index is 1.80. The first-order valence-corrected chi connectivity index (χ1v) is 7.93. The molecule has 7 heteroatoms. The third-order valence-corrected chi connectivity index (χ3v) is 3.87. The number of benzene rings is 1. The van der Waals surface area contributed by atoms with E-state index in [0.29, 0.717) is 18.0 Å². The summed E-state index contributed by atoms with van der Waals surface area (Å²) < 4.78 is 10.7. The standard InChI is InChI=1S/C18H23N3O4/c1-13(14-6-8-19-9-7-14)21(2)18(23)20-10-11-25-16-5-4-15(22)12-17(16)24-3/h4-9,12-13,22H,10-11H2,1-3H3,(H,20,23)/t13-/m0/s1. The van der Waals surface area contributed by atoms with Gasteiger partial charge >= 0.3 is 6.03 Å². The van der Waals surface area contributed by atoms with Crippen LogP contribution in [0.15, 0.2) is 42.7 Å². The van der Waals surface area contributed by atoms with Crippen LogP contribution in [0.25, 0.3) is 0 Å². The maximum absolute atomic E-state index is 12.2. The first-order valence-electron chi connectivity index (χ1n) is 7.93. The van der Waals surface area contributed by atoms with Gasteiger partial charge in [0.2, 0.25) is 0 Å². The van der Waals surface area contributed by atoms with Crippen molar-refractivity contribution in [3.8, 4) is 17.2 Å². The molecule has 0 bridgehead atoms. The van der Waals surface area contributed by atoms with E-state index in [9.17, 15) is 9.90 Å². The van der Waals surface area contributed by atoms with Crippen LogP contribution in [0.2, 0.25) is 0 Å². The number of carbonyl (C=O) groups is 1. The van der Waals surface area contributed by atoms with Gasteiger partial charge in [0, 0.05) is 25.5 Å². The van der Waals surface area contributed by atoms with Crippen LogP contribution in [0.4, 0.5) is 4.79 Å². The molecule has 25 heavy (non-hydrogen) atoms. The first-order chi connectivity index (χ1) is 12.0. The molecule has 0 unspecified atom stereocenters. The Hall–Kier alpha value is -2.96. The second kappa shape index (κ2) is 8.77. The molecular weight excluding hydrogens is 322 g/mol. The van der Waals surface area contributed by atoms with Crippen LogP contribution in [0.5, 0.6) is 17.2 Å². The summed E-state index contributed by atoms with van der Waals surface area (Å²) in [5, 5.41) is 12.2. The Morgan fingerprint density at radius 1 is 1.28 bits per heavy atom. The van der Waals surface area contributed by atoms with E-state index in [1.54, 1.807) is 30.4 Å². The second-order valence-electron chi connectivity index (χ2n) is 5.48. The lowest BCUT2D eigenvalue weighted by Crippen LogP contribution is -2.40. The molecule has 1 heterocycles. The lowest BCUT2D eigenvalue weighted by Gasteiger charge is -2.25. The summed E-state index contributed by atoms with van der Waals surface area (Å²) in [6.45, 7) is 2.58. The maximum atomic E-state index is 12.2. The molecule has 0 aliphatic heterocycles. The first kappa shape index (κ1) is 18.4. The Morgan fingerprint density at radius 2 is 2.00 bits per heavy atom. The molecule has 2 N–H and O–H groups in total. The Morgan fingerprint density at radius 3 is 2.68 bits per heavy atom. The maximum Gasteiger partial charge on any atom is 0.317 e. The number of pyridine rings is 1. The van der Waals surface area contributed by atoms with Gasteiger partial charge in [0.1, 0.15) is 12.4 Å². The molecule has 7 nitrogen and oxygen atoms in total. The molecule has 0 aliphatic carbocycles. The van der Waals surface area contributed by atoms with E-state index in [2.05, 4.69) is 10.3 Å². The zero-order valence-electron chi connectivity index (χ0n) is 14.6.